The highest BCUT2D eigenvalue weighted by atomic mass is 32.2. The van der Waals surface area contributed by atoms with Crippen LogP contribution in [0.25, 0.3) is 0 Å². The van der Waals surface area contributed by atoms with Crippen LogP contribution in [0.5, 0.6) is 0 Å². The van der Waals surface area contributed by atoms with E-state index < -0.39 is 24.6 Å². The molecule has 0 heterocycles. The van der Waals surface area contributed by atoms with Crippen LogP contribution in [0.4, 0.5) is 4.79 Å². The normalized spacial score (nSPS) is 19.2. The average molecular weight is 276 g/mol. The molecule has 0 aromatic carbocycles. The van der Waals surface area contributed by atoms with Crippen molar-refractivity contribution in [1.82, 2.24) is 10.6 Å². The van der Waals surface area contributed by atoms with Crippen LogP contribution in [0.15, 0.2) is 0 Å². The zero-order chi connectivity index (χ0) is 13.6. The van der Waals surface area contributed by atoms with Crippen molar-refractivity contribution in [2.24, 2.45) is 0 Å². The molecule has 0 bridgehead atoms. The fourth-order valence-electron chi connectivity index (χ4n) is 2.11. The molecule has 1 aliphatic carbocycles. The number of carboxylic acid groups (broad SMARTS) is 1. The minimum absolute atomic E-state index is 0.0786. The summed E-state index contributed by atoms with van der Waals surface area (Å²) >= 11 is 1.74. The summed E-state index contributed by atoms with van der Waals surface area (Å²) in [6, 6.07) is -1.80. The second kappa shape index (κ2) is 6.84. The summed E-state index contributed by atoms with van der Waals surface area (Å²) in [5.74, 6) is -1.24. The molecule has 0 unspecified atom stereocenters. The van der Waals surface area contributed by atoms with Crippen LogP contribution < -0.4 is 10.6 Å². The third-order valence-corrected chi connectivity index (χ3v) is 4.72. The van der Waals surface area contributed by atoms with E-state index in [1.54, 1.807) is 11.8 Å². The van der Waals surface area contributed by atoms with Crippen molar-refractivity contribution in [3.8, 4) is 0 Å². The number of carboxylic acids is 1. The molecule has 0 aromatic heterocycles. The van der Waals surface area contributed by atoms with Crippen molar-refractivity contribution < 1.29 is 19.8 Å². The van der Waals surface area contributed by atoms with Gasteiger partial charge < -0.3 is 20.8 Å². The first-order chi connectivity index (χ1) is 8.53. The number of rotatable bonds is 6. The Morgan fingerprint density at radius 3 is 2.44 bits per heavy atom. The lowest BCUT2D eigenvalue weighted by atomic mass is 10.1. The van der Waals surface area contributed by atoms with Gasteiger partial charge in [-0.15, -0.1) is 0 Å². The maximum Gasteiger partial charge on any atom is 0.328 e. The summed E-state index contributed by atoms with van der Waals surface area (Å²) in [5.41, 5.74) is 0. The smallest absolute Gasteiger partial charge is 0.328 e. The van der Waals surface area contributed by atoms with E-state index >= 15 is 0 Å². The van der Waals surface area contributed by atoms with Gasteiger partial charge in [0.25, 0.3) is 0 Å². The predicted molar refractivity (Wildman–Crippen MR) is 69.8 cm³/mol. The van der Waals surface area contributed by atoms with Gasteiger partial charge in [-0.05, 0) is 19.1 Å². The lowest BCUT2D eigenvalue weighted by Gasteiger charge is -2.27. The molecule has 0 aromatic rings. The number of aliphatic hydroxyl groups is 1. The van der Waals surface area contributed by atoms with Crippen LogP contribution in [-0.2, 0) is 4.79 Å². The molecule has 2 amide bonds. The Morgan fingerprint density at radius 1 is 1.39 bits per heavy atom. The fourth-order valence-corrected chi connectivity index (χ4v) is 3.02. The lowest BCUT2D eigenvalue weighted by Crippen LogP contribution is -2.50. The Bertz CT molecular complexity index is 305. The monoisotopic (exact) mass is 276 g/mol. The largest absolute Gasteiger partial charge is 0.480 e. The summed E-state index contributed by atoms with van der Waals surface area (Å²) in [4.78, 5) is 22.2. The minimum Gasteiger partial charge on any atom is -0.480 e. The van der Waals surface area contributed by atoms with E-state index in [-0.39, 0.29) is 4.75 Å². The molecule has 1 atom stereocenters. The Morgan fingerprint density at radius 2 is 2.00 bits per heavy atom. The summed E-state index contributed by atoms with van der Waals surface area (Å²) in [5, 5.41) is 22.4. The fraction of sp³-hybridized carbons (Fsp3) is 0.818. The van der Waals surface area contributed by atoms with Gasteiger partial charge in [-0.25, -0.2) is 9.59 Å². The molecule has 1 fully saturated rings. The Kier molecular flexibility index (Phi) is 5.74. The van der Waals surface area contributed by atoms with Gasteiger partial charge in [0.15, 0.2) is 6.04 Å². The van der Waals surface area contributed by atoms with Gasteiger partial charge in [0, 0.05) is 11.3 Å². The highest BCUT2D eigenvalue weighted by molar-refractivity contribution is 8.00. The van der Waals surface area contributed by atoms with Gasteiger partial charge in [-0.1, -0.05) is 12.8 Å². The SMILES string of the molecule is CSC1(CNC(=O)N[C@H](CO)C(=O)O)CCCC1. The number of amides is 2. The minimum atomic E-state index is -1.25. The average Bonchev–Trinajstić information content (AvgIpc) is 2.82. The van der Waals surface area contributed by atoms with Crippen molar-refractivity contribution in [3.63, 3.8) is 0 Å². The third kappa shape index (κ3) is 4.06. The lowest BCUT2D eigenvalue weighted by molar-refractivity contribution is -0.140. The maximum atomic E-state index is 11.5. The maximum absolute atomic E-state index is 11.5. The summed E-state index contributed by atoms with van der Waals surface area (Å²) in [7, 11) is 0. The van der Waals surface area contributed by atoms with Gasteiger partial charge in [0.05, 0.1) is 6.61 Å². The molecular formula is C11H20N2O4S. The van der Waals surface area contributed by atoms with Crippen molar-refractivity contribution >= 4 is 23.8 Å². The number of urea groups is 1. The van der Waals surface area contributed by atoms with Crippen molar-refractivity contribution in [3.05, 3.63) is 0 Å². The zero-order valence-electron chi connectivity index (χ0n) is 10.4. The van der Waals surface area contributed by atoms with Gasteiger partial charge in [0.1, 0.15) is 0 Å². The van der Waals surface area contributed by atoms with E-state index in [1.165, 1.54) is 12.8 Å². The van der Waals surface area contributed by atoms with Crippen LogP contribution in [0, 0.1) is 0 Å². The molecule has 0 radical (unpaired) electrons. The quantitative estimate of drug-likeness (QED) is 0.563. The number of hydrogen-bond donors (Lipinski definition) is 4. The van der Waals surface area contributed by atoms with Gasteiger partial charge in [-0.2, -0.15) is 11.8 Å². The van der Waals surface area contributed by atoms with Crippen molar-refractivity contribution in [2.45, 2.75) is 36.5 Å². The molecule has 1 saturated carbocycles. The van der Waals surface area contributed by atoms with Gasteiger partial charge >= 0.3 is 12.0 Å². The highest BCUT2D eigenvalue weighted by Crippen LogP contribution is 2.39. The number of nitrogens with one attached hydrogen (secondary N) is 2. The Hall–Kier alpha value is -0.950. The van der Waals surface area contributed by atoms with E-state index in [0.29, 0.717) is 6.54 Å². The predicted octanol–water partition coefficient (Wildman–Crippen LogP) is 0.407. The molecular weight excluding hydrogens is 256 g/mol. The van der Waals surface area contributed by atoms with E-state index in [9.17, 15) is 9.59 Å². The van der Waals surface area contributed by atoms with E-state index in [4.69, 9.17) is 10.2 Å². The number of thioether (sulfide) groups is 1. The van der Waals surface area contributed by atoms with E-state index in [2.05, 4.69) is 10.6 Å². The van der Waals surface area contributed by atoms with Crippen LogP contribution in [0.2, 0.25) is 0 Å². The van der Waals surface area contributed by atoms with Crippen LogP contribution in [-0.4, -0.2) is 52.4 Å². The molecule has 0 aliphatic heterocycles. The number of aliphatic carboxylic acids is 1. The number of carbonyl (C=O) groups is 2. The molecule has 6 nitrogen and oxygen atoms in total. The van der Waals surface area contributed by atoms with Crippen LogP contribution in [0.3, 0.4) is 0 Å². The van der Waals surface area contributed by atoms with E-state index in [1.807, 2.05) is 6.26 Å². The molecule has 18 heavy (non-hydrogen) atoms. The van der Waals surface area contributed by atoms with Gasteiger partial charge in [0.2, 0.25) is 0 Å². The molecule has 104 valence electrons. The molecule has 1 rings (SSSR count). The zero-order valence-corrected chi connectivity index (χ0v) is 11.3. The highest BCUT2D eigenvalue weighted by Gasteiger charge is 2.33. The second-order valence-electron chi connectivity index (χ2n) is 4.49. The standard InChI is InChI=1S/C11H20N2O4S/c1-18-11(4-2-3-5-11)7-12-10(17)13-8(6-14)9(15)16/h8,14H,2-7H2,1H3,(H,15,16)(H2,12,13,17)/t8-/m1/s1. The number of aliphatic hydroxyl groups excluding tert-OH is 1. The summed E-state index contributed by atoms with van der Waals surface area (Å²) in [6.07, 6.45) is 6.49. The molecule has 0 spiro atoms. The first-order valence-corrected chi connectivity index (χ1v) is 7.19. The van der Waals surface area contributed by atoms with Gasteiger partial charge in [-0.3, -0.25) is 0 Å². The van der Waals surface area contributed by atoms with E-state index in [0.717, 1.165) is 12.8 Å². The Labute approximate surface area is 111 Å². The molecule has 7 heteroatoms. The summed E-state index contributed by atoms with van der Waals surface area (Å²) < 4.78 is 0.0786. The number of hydrogen-bond acceptors (Lipinski definition) is 4. The topological polar surface area (TPSA) is 98.7 Å². The first-order valence-electron chi connectivity index (χ1n) is 5.96. The van der Waals surface area contributed by atoms with Crippen molar-refractivity contribution in [2.75, 3.05) is 19.4 Å². The molecule has 4 N–H and O–H groups in total. The molecule has 1 aliphatic rings. The van der Waals surface area contributed by atoms with Crippen molar-refractivity contribution in [1.29, 1.82) is 0 Å². The third-order valence-electron chi connectivity index (χ3n) is 3.30. The first kappa shape index (κ1) is 15.1. The van der Waals surface area contributed by atoms with Crippen LogP contribution in [0.1, 0.15) is 25.7 Å². The second-order valence-corrected chi connectivity index (χ2v) is 5.77. The Balaban J connectivity index is 2.38. The molecule has 0 saturated heterocycles. The summed E-state index contributed by atoms with van der Waals surface area (Å²) in [6.45, 7) is -0.0891. The van der Waals surface area contributed by atoms with Crippen LogP contribution >= 0.6 is 11.8 Å². The number of carbonyl (C=O) groups excluding carboxylic acids is 1.